The molecule has 0 radical (unpaired) electrons. The van der Waals surface area contributed by atoms with Crippen molar-refractivity contribution in [3.8, 4) is 0 Å². The molecule has 12 heteroatoms. The van der Waals surface area contributed by atoms with Crippen LogP contribution >= 0.6 is 22.9 Å². The predicted octanol–water partition coefficient (Wildman–Crippen LogP) is 5.26. The quantitative estimate of drug-likeness (QED) is 0.318. The van der Waals surface area contributed by atoms with Crippen molar-refractivity contribution in [3.63, 3.8) is 0 Å². The number of amides is 1. The highest BCUT2D eigenvalue weighted by Gasteiger charge is 2.29. The van der Waals surface area contributed by atoms with Crippen LogP contribution in [-0.2, 0) is 28.9 Å². The second-order valence-corrected chi connectivity index (χ2v) is 11.6. The molecule has 2 aromatic heterocycles. The number of aliphatic carboxylic acids is 1. The summed E-state index contributed by atoms with van der Waals surface area (Å²) in [4.78, 5) is 40.2. The first kappa shape index (κ1) is 29.1. The molecule has 0 bridgehead atoms. The number of carbonyl (C=O) groups excluding carboxylic acids is 1. The van der Waals surface area contributed by atoms with Crippen molar-refractivity contribution in [2.24, 2.45) is 10.9 Å². The predicted molar refractivity (Wildman–Crippen MR) is 155 cm³/mol. The Hall–Kier alpha value is -3.41. The fraction of sp³-hybridized carbons (Fsp3) is 0.414. The number of benzene rings is 1. The Morgan fingerprint density at radius 1 is 1.29 bits per heavy atom. The lowest BCUT2D eigenvalue weighted by Gasteiger charge is -2.32. The van der Waals surface area contributed by atoms with Gasteiger partial charge in [-0.15, -0.1) is 11.3 Å². The van der Waals surface area contributed by atoms with E-state index in [1.807, 2.05) is 16.4 Å². The lowest BCUT2D eigenvalue weighted by atomic mass is 9.93. The lowest BCUT2D eigenvalue weighted by molar-refractivity contribution is -0.129. The Morgan fingerprint density at radius 3 is 2.68 bits per heavy atom. The standard InChI is InChI=1S/C29H31ClFN5O4S/c1-3-24(29(38)39)34-26-17(2)32-25(36(26)15-22-8-11-40-22)12-18-6-9-35(10-7-18)28(37)27-33-21(16-41-27)13-19-4-5-20(30)14-23(19)31/h3-5,14,16,18,22H,1,6-13,15H2,2H3,(H,38,39)/b34-24+/t22-/m0/s1. The minimum Gasteiger partial charge on any atom is -0.477 e. The Labute approximate surface area is 246 Å². The van der Waals surface area contributed by atoms with E-state index in [0.29, 0.717) is 77.8 Å². The monoisotopic (exact) mass is 599 g/mol. The topological polar surface area (TPSA) is 110 Å². The summed E-state index contributed by atoms with van der Waals surface area (Å²) in [6.45, 7) is 7.87. The van der Waals surface area contributed by atoms with Crippen molar-refractivity contribution in [3.05, 3.63) is 74.9 Å². The van der Waals surface area contributed by atoms with Crippen LogP contribution in [0.25, 0.3) is 0 Å². The number of carboxylic acids is 1. The first-order valence-electron chi connectivity index (χ1n) is 13.5. The van der Waals surface area contributed by atoms with Gasteiger partial charge in [-0.3, -0.25) is 4.79 Å². The number of ether oxygens (including phenoxy) is 1. The van der Waals surface area contributed by atoms with Crippen molar-refractivity contribution in [1.82, 2.24) is 19.4 Å². The van der Waals surface area contributed by atoms with Gasteiger partial charge in [0.1, 0.15) is 17.4 Å². The second-order valence-electron chi connectivity index (χ2n) is 10.3. The van der Waals surface area contributed by atoms with E-state index in [0.717, 1.165) is 25.1 Å². The lowest BCUT2D eigenvalue weighted by Crippen LogP contribution is -2.39. The molecule has 0 spiro atoms. The number of hydrogen-bond acceptors (Lipinski definition) is 7. The van der Waals surface area contributed by atoms with Gasteiger partial charge in [-0.25, -0.2) is 24.1 Å². The molecule has 9 nitrogen and oxygen atoms in total. The van der Waals surface area contributed by atoms with E-state index in [9.17, 15) is 19.1 Å². The van der Waals surface area contributed by atoms with E-state index >= 15 is 0 Å². The van der Waals surface area contributed by atoms with Gasteiger partial charge in [0, 0.05) is 42.9 Å². The molecule has 5 rings (SSSR count). The summed E-state index contributed by atoms with van der Waals surface area (Å²) in [7, 11) is 0. The van der Waals surface area contributed by atoms with E-state index in [4.69, 9.17) is 21.3 Å². The number of aliphatic imine (C=N–C) groups is 1. The largest absolute Gasteiger partial charge is 0.477 e. The van der Waals surface area contributed by atoms with Crippen LogP contribution in [-0.4, -0.2) is 67.9 Å². The van der Waals surface area contributed by atoms with Gasteiger partial charge in [0.2, 0.25) is 0 Å². The average Bonchev–Trinajstić information content (AvgIpc) is 3.50. The number of likely N-dealkylation sites (tertiary alicyclic amines) is 1. The van der Waals surface area contributed by atoms with E-state index in [1.165, 1.54) is 23.5 Å². The van der Waals surface area contributed by atoms with Gasteiger partial charge >= 0.3 is 5.97 Å². The van der Waals surface area contributed by atoms with Gasteiger partial charge in [-0.05, 0) is 55.9 Å². The zero-order valence-corrected chi connectivity index (χ0v) is 24.3. The summed E-state index contributed by atoms with van der Waals surface area (Å²) >= 11 is 7.12. The Bertz CT molecular complexity index is 1490. The number of piperidine rings is 1. The summed E-state index contributed by atoms with van der Waals surface area (Å²) < 4.78 is 21.8. The van der Waals surface area contributed by atoms with E-state index < -0.39 is 11.8 Å². The summed E-state index contributed by atoms with van der Waals surface area (Å²) in [6, 6.07) is 4.55. The number of nitrogens with zero attached hydrogens (tertiary/aromatic N) is 5. The molecule has 2 aliphatic rings. The molecule has 1 N–H and O–H groups in total. The molecule has 41 heavy (non-hydrogen) atoms. The van der Waals surface area contributed by atoms with Crippen LogP contribution in [0.4, 0.5) is 10.2 Å². The molecule has 1 atom stereocenters. The number of imidazole rings is 1. The third-order valence-electron chi connectivity index (χ3n) is 7.50. The number of halogens is 2. The first-order valence-corrected chi connectivity index (χ1v) is 14.8. The number of rotatable bonds is 10. The normalized spacial score (nSPS) is 17.9. The van der Waals surface area contributed by atoms with E-state index in [1.54, 1.807) is 17.5 Å². The minimum atomic E-state index is -1.14. The number of aromatic nitrogens is 3. The molecule has 0 unspecified atom stereocenters. The summed E-state index contributed by atoms with van der Waals surface area (Å²) in [6.07, 6.45) is 4.80. The fourth-order valence-electron chi connectivity index (χ4n) is 5.12. The zero-order valence-electron chi connectivity index (χ0n) is 22.7. The number of carboxylic acid groups (broad SMARTS) is 1. The van der Waals surface area contributed by atoms with Crippen LogP contribution in [0, 0.1) is 18.7 Å². The molecule has 2 fully saturated rings. The third-order valence-corrected chi connectivity index (χ3v) is 8.61. The van der Waals surface area contributed by atoms with Crippen LogP contribution in [0.3, 0.4) is 0 Å². The number of aryl methyl sites for hydroxylation is 1. The molecule has 216 valence electrons. The highest BCUT2D eigenvalue weighted by atomic mass is 35.5. The Morgan fingerprint density at radius 2 is 2.05 bits per heavy atom. The summed E-state index contributed by atoms with van der Waals surface area (Å²) in [5.74, 6) is 0.0104. The molecular weight excluding hydrogens is 569 g/mol. The van der Waals surface area contributed by atoms with Crippen LogP contribution in [0.15, 0.2) is 41.2 Å². The van der Waals surface area contributed by atoms with Crippen molar-refractivity contribution in [1.29, 1.82) is 0 Å². The van der Waals surface area contributed by atoms with Crippen LogP contribution in [0.2, 0.25) is 5.02 Å². The molecule has 3 aromatic rings. The van der Waals surface area contributed by atoms with E-state index in [-0.39, 0.29) is 17.7 Å². The second kappa shape index (κ2) is 12.6. The summed E-state index contributed by atoms with van der Waals surface area (Å²) in [5, 5.41) is 12.0. The minimum absolute atomic E-state index is 0.0483. The van der Waals surface area contributed by atoms with Gasteiger partial charge in [-0.2, -0.15) is 0 Å². The van der Waals surface area contributed by atoms with Gasteiger partial charge in [0.05, 0.1) is 24.0 Å². The maximum atomic E-state index is 14.2. The number of carbonyl (C=O) groups is 2. The smallest absolute Gasteiger partial charge is 0.354 e. The number of hydrogen-bond donors (Lipinski definition) is 1. The molecule has 2 saturated heterocycles. The van der Waals surface area contributed by atoms with Crippen LogP contribution < -0.4 is 0 Å². The molecule has 1 amide bonds. The maximum absolute atomic E-state index is 14.2. The average molecular weight is 600 g/mol. The van der Waals surface area contributed by atoms with E-state index in [2.05, 4.69) is 16.6 Å². The van der Waals surface area contributed by atoms with Crippen LogP contribution in [0.1, 0.15) is 51.8 Å². The van der Waals surface area contributed by atoms with Gasteiger partial charge in [0.25, 0.3) is 5.91 Å². The van der Waals surface area contributed by atoms with Gasteiger partial charge in [0.15, 0.2) is 10.8 Å². The molecule has 4 heterocycles. The highest BCUT2D eigenvalue weighted by molar-refractivity contribution is 7.11. The van der Waals surface area contributed by atoms with Gasteiger partial charge in [-0.1, -0.05) is 24.2 Å². The summed E-state index contributed by atoms with van der Waals surface area (Å²) in [5.41, 5.74) is 1.65. The van der Waals surface area contributed by atoms with Crippen molar-refractivity contribution in [2.75, 3.05) is 19.7 Å². The highest BCUT2D eigenvalue weighted by Crippen LogP contribution is 2.29. The Balaban J connectivity index is 1.23. The molecular formula is C29H31ClFN5O4S. The SMILES string of the molecule is C=C/C(=N\c1c(C)nc(CC2CCN(C(=O)c3nc(Cc4ccc(Cl)cc4F)cs3)CC2)n1C[C@@H]1CCO1)C(=O)O. The zero-order chi connectivity index (χ0) is 29.1. The van der Waals surface area contributed by atoms with Crippen LogP contribution in [0.5, 0.6) is 0 Å². The van der Waals surface area contributed by atoms with Gasteiger partial charge < -0.3 is 19.3 Å². The first-order chi connectivity index (χ1) is 19.7. The fourth-order valence-corrected chi connectivity index (χ4v) is 6.06. The Kier molecular flexibility index (Phi) is 8.96. The van der Waals surface area contributed by atoms with Crippen molar-refractivity contribution in [2.45, 2.75) is 51.7 Å². The molecule has 0 aliphatic carbocycles. The molecule has 0 saturated carbocycles. The number of thiazole rings is 1. The molecule has 1 aromatic carbocycles. The van der Waals surface area contributed by atoms with Crippen molar-refractivity contribution >= 4 is 46.3 Å². The van der Waals surface area contributed by atoms with Crippen molar-refractivity contribution < 1.29 is 23.8 Å². The maximum Gasteiger partial charge on any atom is 0.354 e. The molecule has 2 aliphatic heterocycles. The third kappa shape index (κ3) is 6.74.